The summed E-state index contributed by atoms with van der Waals surface area (Å²) in [6.45, 7) is 3.72. The smallest absolute Gasteiger partial charge is 0.256 e. The summed E-state index contributed by atoms with van der Waals surface area (Å²) < 4.78 is 17.0. The highest BCUT2D eigenvalue weighted by molar-refractivity contribution is 5.94. The quantitative estimate of drug-likeness (QED) is 0.829. The Morgan fingerprint density at radius 2 is 2.07 bits per heavy atom. The number of benzene rings is 1. The summed E-state index contributed by atoms with van der Waals surface area (Å²) >= 11 is 0. The van der Waals surface area contributed by atoms with Gasteiger partial charge in [0.15, 0.2) is 11.5 Å². The first-order chi connectivity index (χ1) is 14.1. The molecule has 1 aromatic heterocycles. The van der Waals surface area contributed by atoms with Crippen LogP contribution in [0.2, 0.25) is 0 Å². The van der Waals surface area contributed by atoms with Gasteiger partial charge in [0.2, 0.25) is 0 Å². The monoisotopic (exact) mass is 400 g/mol. The number of amides is 1. The molecule has 1 N–H and O–H groups in total. The third-order valence-electron chi connectivity index (χ3n) is 5.56. The summed E-state index contributed by atoms with van der Waals surface area (Å²) in [4.78, 5) is 16.5. The van der Waals surface area contributed by atoms with Crippen LogP contribution in [-0.2, 0) is 6.54 Å². The number of nitrogens with one attached hydrogen (secondary N) is 1. The topological polar surface area (TPSA) is 79.9 Å². The van der Waals surface area contributed by atoms with Gasteiger partial charge in [-0.05, 0) is 25.5 Å². The van der Waals surface area contributed by atoms with E-state index in [-0.39, 0.29) is 11.8 Å². The highest BCUT2D eigenvalue weighted by Crippen LogP contribution is 2.38. The molecule has 29 heavy (non-hydrogen) atoms. The molecular formula is C21H28N4O4. The third kappa shape index (κ3) is 4.03. The van der Waals surface area contributed by atoms with Crippen LogP contribution in [-0.4, -0.2) is 73.4 Å². The lowest BCUT2D eigenvalue weighted by Gasteiger charge is -2.33. The second-order valence-corrected chi connectivity index (χ2v) is 7.78. The number of likely N-dealkylation sites (tertiary alicyclic amines) is 1. The number of nitrogens with zero attached hydrogens (tertiary/aromatic N) is 3. The van der Waals surface area contributed by atoms with Gasteiger partial charge in [0.25, 0.3) is 5.91 Å². The number of methoxy groups -OCH3 is 1. The van der Waals surface area contributed by atoms with E-state index in [0.717, 1.165) is 61.0 Å². The number of aromatic nitrogens is 2. The van der Waals surface area contributed by atoms with E-state index in [4.69, 9.17) is 14.2 Å². The van der Waals surface area contributed by atoms with Crippen LogP contribution >= 0.6 is 0 Å². The number of rotatable bonds is 5. The molecule has 0 saturated carbocycles. The zero-order valence-electron chi connectivity index (χ0n) is 17.2. The Bertz CT molecular complexity index is 880. The van der Waals surface area contributed by atoms with Gasteiger partial charge < -0.3 is 19.1 Å². The van der Waals surface area contributed by atoms with E-state index in [0.29, 0.717) is 18.8 Å². The molecule has 3 heterocycles. The number of H-pyrrole nitrogens is 1. The minimum absolute atomic E-state index is 0.0145. The summed E-state index contributed by atoms with van der Waals surface area (Å²) in [6, 6.07) is 3.93. The maximum Gasteiger partial charge on any atom is 0.256 e. The number of piperidine rings is 1. The summed E-state index contributed by atoms with van der Waals surface area (Å²) in [7, 11) is 5.21. The van der Waals surface area contributed by atoms with Crippen molar-refractivity contribution in [1.29, 1.82) is 0 Å². The highest BCUT2D eigenvalue weighted by Gasteiger charge is 2.28. The molecule has 1 fully saturated rings. The molecule has 8 nitrogen and oxygen atoms in total. The molecule has 8 heteroatoms. The molecule has 2 aliphatic rings. The van der Waals surface area contributed by atoms with Crippen LogP contribution < -0.4 is 14.2 Å². The van der Waals surface area contributed by atoms with Crippen molar-refractivity contribution in [2.45, 2.75) is 25.3 Å². The molecule has 156 valence electrons. The van der Waals surface area contributed by atoms with Gasteiger partial charge in [-0.1, -0.05) is 0 Å². The molecule has 0 spiro atoms. The predicted molar refractivity (Wildman–Crippen MR) is 108 cm³/mol. The van der Waals surface area contributed by atoms with E-state index in [1.54, 1.807) is 32.3 Å². The van der Waals surface area contributed by atoms with Gasteiger partial charge in [-0.2, -0.15) is 5.10 Å². The van der Waals surface area contributed by atoms with Gasteiger partial charge in [-0.3, -0.25) is 14.8 Å². The molecule has 1 aromatic carbocycles. The van der Waals surface area contributed by atoms with Crippen molar-refractivity contribution in [3.05, 3.63) is 35.2 Å². The number of hydrogen-bond donors (Lipinski definition) is 1. The second-order valence-electron chi connectivity index (χ2n) is 7.78. The van der Waals surface area contributed by atoms with Crippen LogP contribution in [0.15, 0.2) is 18.3 Å². The van der Waals surface area contributed by atoms with Crippen molar-refractivity contribution in [1.82, 2.24) is 20.0 Å². The Kier molecular flexibility index (Phi) is 5.62. The van der Waals surface area contributed by atoms with Gasteiger partial charge in [0.1, 0.15) is 19.0 Å². The molecule has 1 saturated heterocycles. The fraction of sp³-hybridized carbons (Fsp3) is 0.524. The van der Waals surface area contributed by atoms with Crippen molar-refractivity contribution >= 4 is 5.91 Å². The van der Waals surface area contributed by atoms with Crippen molar-refractivity contribution in [3.63, 3.8) is 0 Å². The van der Waals surface area contributed by atoms with Crippen LogP contribution in [0.25, 0.3) is 0 Å². The fourth-order valence-corrected chi connectivity index (χ4v) is 4.12. The Labute approximate surface area is 170 Å². The zero-order valence-corrected chi connectivity index (χ0v) is 17.2. The zero-order chi connectivity index (χ0) is 20.4. The van der Waals surface area contributed by atoms with E-state index in [2.05, 4.69) is 15.1 Å². The Morgan fingerprint density at radius 3 is 2.79 bits per heavy atom. The van der Waals surface area contributed by atoms with Crippen LogP contribution in [0, 0.1) is 0 Å². The summed E-state index contributed by atoms with van der Waals surface area (Å²) in [5.41, 5.74) is 2.67. The molecule has 2 aliphatic heterocycles. The van der Waals surface area contributed by atoms with Crippen LogP contribution in [0.3, 0.4) is 0 Å². The minimum Gasteiger partial charge on any atom is -0.496 e. The molecule has 1 amide bonds. The average Bonchev–Trinajstić information content (AvgIpc) is 3.22. The molecular weight excluding hydrogens is 372 g/mol. The van der Waals surface area contributed by atoms with E-state index in [1.807, 2.05) is 12.1 Å². The average molecular weight is 400 g/mol. The predicted octanol–water partition coefficient (Wildman–Crippen LogP) is 2.27. The van der Waals surface area contributed by atoms with E-state index in [9.17, 15) is 4.79 Å². The van der Waals surface area contributed by atoms with Crippen molar-refractivity contribution < 1.29 is 19.0 Å². The van der Waals surface area contributed by atoms with E-state index in [1.165, 1.54) is 0 Å². The largest absolute Gasteiger partial charge is 0.496 e. The minimum atomic E-state index is -0.0145. The van der Waals surface area contributed by atoms with Crippen molar-refractivity contribution in [2.75, 3.05) is 47.5 Å². The first-order valence-electron chi connectivity index (χ1n) is 10.0. The van der Waals surface area contributed by atoms with Gasteiger partial charge in [0, 0.05) is 44.7 Å². The van der Waals surface area contributed by atoms with E-state index >= 15 is 0 Å². The Balaban J connectivity index is 1.52. The molecule has 1 atom stereocenters. The van der Waals surface area contributed by atoms with Gasteiger partial charge in [-0.15, -0.1) is 0 Å². The number of aromatic amines is 1. The number of fused-ring (bicyclic) bond motifs is 1. The molecule has 0 bridgehead atoms. The summed E-state index contributed by atoms with van der Waals surface area (Å²) in [5.74, 6) is 2.54. The molecule has 4 rings (SSSR count). The molecule has 2 aromatic rings. The SMILES string of the molecule is COc1cc2c(cc1CN1CCC[C@H](c3[nH]ncc3C(=O)N(C)C)C1)OCCO2. The first kappa shape index (κ1) is 19.6. The summed E-state index contributed by atoms with van der Waals surface area (Å²) in [5, 5.41) is 7.22. The number of ether oxygens (including phenoxy) is 3. The Morgan fingerprint density at radius 1 is 1.31 bits per heavy atom. The normalized spacial score (nSPS) is 19.1. The third-order valence-corrected chi connectivity index (χ3v) is 5.56. The number of hydrogen-bond acceptors (Lipinski definition) is 6. The molecule has 0 aliphatic carbocycles. The highest BCUT2D eigenvalue weighted by atomic mass is 16.6. The van der Waals surface area contributed by atoms with Gasteiger partial charge in [-0.25, -0.2) is 0 Å². The Hall–Kier alpha value is -2.74. The molecule has 0 unspecified atom stereocenters. The number of carbonyl (C=O) groups is 1. The lowest BCUT2D eigenvalue weighted by Crippen LogP contribution is -2.35. The first-order valence-corrected chi connectivity index (χ1v) is 10.0. The standard InChI is InChI=1S/C21H28N4O4/c1-24(2)21(26)16-11-22-23-20(16)14-5-4-6-25(12-14)13-15-9-18-19(10-17(15)27-3)29-8-7-28-18/h9-11,14H,4-8,12-13H2,1-3H3,(H,22,23)/t14-/m0/s1. The van der Waals surface area contributed by atoms with Gasteiger partial charge >= 0.3 is 0 Å². The lowest BCUT2D eigenvalue weighted by atomic mass is 9.92. The second kappa shape index (κ2) is 8.32. The lowest BCUT2D eigenvalue weighted by molar-refractivity contribution is 0.0825. The van der Waals surface area contributed by atoms with Crippen LogP contribution in [0.5, 0.6) is 17.2 Å². The van der Waals surface area contributed by atoms with Crippen LogP contribution in [0.4, 0.5) is 0 Å². The summed E-state index contributed by atoms with van der Waals surface area (Å²) in [6.07, 6.45) is 3.73. The van der Waals surface area contributed by atoms with Crippen LogP contribution in [0.1, 0.15) is 40.4 Å². The maximum absolute atomic E-state index is 12.5. The maximum atomic E-state index is 12.5. The number of carbonyl (C=O) groups excluding carboxylic acids is 1. The van der Waals surface area contributed by atoms with Crippen molar-refractivity contribution in [3.8, 4) is 17.2 Å². The van der Waals surface area contributed by atoms with E-state index < -0.39 is 0 Å². The van der Waals surface area contributed by atoms with Gasteiger partial charge in [0.05, 0.1) is 24.6 Å². The molecule has 0 radical (unpaired) electrons. The fourth-order valence-electron chi connectivity index (χ4n) is 4.12. The van der Waals surface area contributed by atoms with Crippen molar-refractivity contribution in [2.24, 2.45) is 0 Å².